The van der Waals surface area contributed by atoms with Crippen LogP contribution in [-0.2, 0) is 30.6 Å². The van der Waals surface area contributed by atoms with Gasteiger partial charge in [-0.05, 0) is 67.7 Å². The maximum atomic E-state index is 13.8. The van der Waals surface area contributed by atoms with Crippen molar-refractivity contribution < 1.29 is 27.4 Å². The van der Waals surface area contributed by atoms with Crippen LogP contribution in [0.5, 0.6) is 11.5 Å². The zero-order chi connectivity index (χ0) is 30.8. The first-order valence-electron chi connectivity index (χ1n) is 13.9. The molecule has 1 atom stereocenters. The van der Waals surface area contributed by atoms with Gasteiger partial charge >= 0.3 is 0 Å². The van der Waals surface area contributed by atoms with Gasteiger partial charge in [-0.1, -0.05) is 59.6 Å². The van der Waals surface area contributed by atoms with Gasteiger partial charge in [0.1, 0.15) is 12.3 Å². The number of amides is 1. The highest BCUT2D eigenvalue weighted by Crippen LogP contribution is 2.42. The highest BCUT2D eigenvalue weighted by atomic mass is 35.5. The summed E-state index contributed by atoms with van der Waals surface area (Å²) in [6, 6.07) is 19.4. The first-order chi connectivity index (χ1) is 20.5. The maximum absolute atomic E-state index is 13.8. The van der Waals surface area contributed by atoms with Crippen LogP contribution in [0, 0.1) is 0 Å². The number of sulfonamides is 1. The van der Waals surface area contributed by atoms with Crippen LogP contribution in [-0.4, -0.2) is 70.7 Å². The molecule has 9 nitrogen and oxygen atoms in total. The molecule has 2 N–H and O–H groups in total. The minimum Gasteiger partial charge on any atom is -0.493 e. The predicted octanol–water partition coefficient (Wildman–Crippen LogP) is 4.79. The number of carbonyl (C=O) groups excluding carboxylic acids is 1. The van der Waals surface area contributed by atoms with Crippen molar-refractivity contribution in [2.24, 2.45) is 5.73 Å². The molecular weight excluding hydrogens is 613 g/mol. The van der Waals surface area contributed by atoms with Crippen LogP contribution in [0.15, 0.2) is 71.6 Å². The van der Waals surface area contributed by atoms with E-state index < -0.39 is 21.0 Å². The standard InChI is InChI=1S/C31H35Cl2N3O6S/c1-40-27-11-9-24(19-28(27)41-2)43(38,39)36-20-31(42-21-36,23-8-10-25(32)26(33)18-23)14-17-35-15-12-30(13-16-35,29(34)37)22-6-4-3-5-7-22/h3-11,18-19H,12-17,20-21H2,1-2H3,(H2,34,37)/t31-/m0/s1. The van der Waals surface area contributed by atoms with E-state index in [0.29, 0.717) is 60.4 Å². The molecule has 0 aliphatic carbocycles. The summed E-state index contributed by atoms with van der Waals surface area (Å²) in [5.41, 5.74) is 5.92. The number of nitrogens with zero attached hydrogens (tertiary/aromatic N) is 2. The van der Waals surface area contributed by atoms with E-state index in [1.165, 1.54) is 30.7 Å². The number of nitrogens with two attached hydrogens (primary N) is 1. The normalized spacial score (nSPS) is 21.0. The molecular formula is C31H35Cl2N3O6S. The molecule has 2 aliphatic rings. The van der Waals surface area contributed by atoms with Crippen molar-refractivity contribution in [3.8, 4) is 11.5 Å². The summed E-state index contributed by atoms with van der Waals surface area (Å²) < 4.78 is 45.8. The van der Waals surface area contributed by atoms with Gasteiger partial charge in [-0.3, -0.25) is 4.79 Å². The first kappa shape index (κ1) is 31.6. The third kappa shape index (κ3) is 6.09. The third-order valence-electron chi connectivity index (χ3n) is 8.69. The number of methoxy groups -OCH3 is 2. The lowest BCUT2D eigenvalue weighted by molar-refractivity contribution is -0.125. The second-order valence-corrected chi connectivity index (χ2v) is 13.7. The molecule has 0 unspecified atom stereocenters. The van der Waals surface area contributed by atoms with Gasteiger partial charge < -0.3 is 24.8 Å². The molecule has 43 heavy (non-hydrogen) atoms. The summed E-state index contributed by atoms with van der Waals surface area (Å²) in [6.07, 6.45) is 1.66. The van der Waals surface area contributed by atoms with Crippen LogP contribution in [0.2, 0.25) is 10.0 Å². The van der Waals surface area contributed by atoms with Crippen molar-refractivity contribution in [2.75, 3.05) is 47.1 Å². The van der Waals surface area contributed by atoms with Crippen LogP contribution in [0.1, 0.15) is 30.4 Å². The maximum Gasteiger partial charge on any atom is 0.245 e. The summed E-state index contributed by atoms with van der Waals surface area (Å²) in [6.45, 7) is 1.85. The minimum atomic E-state index is -3.94. The van der Waals surface area contributed by atoms with Gasteiger partial charge in [0.05, 0.1) is 34.6 Å². The molecule has 2 aliphatic heterocycles. The van der Waals surface area contributed by atoms with Crippen LogP contribution in [0.4, 0.5) is 0 Å². The summed E-state index contributed by atoms with van der Waals surface area (Å²) >= 11 is 12.6. The van der Waals surface area contributed by atoms with Gasteiger partial charge in [-0.25, -0.2) is 8.42 Å². The number of benzene rings is 3. The second-order valence-electron chi connectivity index (χ2n) is 10.9. The Bertz CT molecular complexity index is 1580. The van der Waals surface area contributed by atoms with E-state index in [2.05, 4.69) is 4.90 Å². The zero-order valence-corrected chi connectivity index (χ0v) is 26.4. The molecule has 0 bridgehead atoms. The minimum absolute atomic E-state index is 0.0680. The number of hydrogen-bond acceptors (Lipinski definition) is 7. The fourth-order valence-electron chi connectivity index (χ4n) is 6.03. The quantitative estimate of drug-likeness (QED) is 0.337. The number of primary amides is 1. The van der Waals surface area contributed by atoms with Crippen molar-refractivity contribution in [1.29, 1.82) is 0 Å². The molecule has 2 heterocycles. The Hall–Kier alpha value is -2.86. The Balaban J connectivity index is 1.37. The van der Waals surface area contributed by atoms with Crippen molar-refractivity contribution in [3.05, 3.63) is 87.9 Å². The van der Waals surface area contributed by atoms with E-state index in [1.807, 2.05) is 36.4 Å². The van der Waals surface area contributed by atoms with E-state index in [1.54, 1.807) is 18.2 Å². The van der Waals surface area contributed by atoms with Gasteiger partial charge in [0.25, 0.3) is 0 Å². The van der Waals surface area contributed by atoms with E-state index >= 15 is 0 Å². The van der Waals surface area contributed by atoms with Crippen molar-refractivity contribution >= 4 is 39.1 Å². The molecule has 0 aromatic heterocycles. The SMILES string of the molecule is COc1ccc(S(=O)(=O)N2CO[C@](CCN3CCC(C(N)=O)(c4ccccc4)CC3)(c3ccc(Cl)c(Cl)c3)C2)cc1OC. The van der Waals surface area contributed by atoms with Crippen LogP contribution < -0.4 is 15.2 Å². The lowest BCUT2D eigenvalue weighted by atomic mass is 9.72. The van der Waals surface area contributed by atoms with Gasteiger partial charge in [0.15, 0.2) is 11.5 Å². The summed E-state index contributed by atoms with van der Waals surface area (Å²) in [7, 11) is -0.999. The van der Waals surface area contributed by atoms with Crippen LogP contribution in [0.3, 0.4) is 0 Å². The molecule has 2 saturated heterocycles. The number of carbonyl (C=O) groups is 1. The Morgan fingerprint density at radius 1 is 0.930 bits per heavy atom. The number of hydrogen-bond donors (Lipinski definition) is 1. The number of rotatable bonds is 10. The number of ether oxygens (including phenoxy) is 3. The molecule has 1 amide bonds. The topological polar surface area (TPSA) is 111 Å². The Morgan fingerprint density at radius 2 is 1.63 bits per heavy atom. The summed E-state index contributed by atoms with van der Waals surface area (Å²) in [4.78, 5) is 15.0. The van der Waals surface area contributed by atoms with Crippen molar-refractivity contribution in [3.63, 3.8) is 0 Å². The highest BCUT2D eigenvalue weighted by Gasteiger charge is 2.47. The molecule has 230 valence electrons. The van der Waals surface area contributed by atoms with Crippen molar-refractivity contribution in [2.45, 2.75) is 35.2 Å². The average Bonchev–Trinajstić information content (AvgIpc) is 3.48. The second kappa shape index (κ2) is 12.6. The highest BCUT2D eigenvalue weighted by molar-refractivity contribution is 7.89. The number of halogens is 2. The van der Waals surface area contributed by atoms with Crippen molar-refractivity contribution in [1.82, 2.24) is 9.21 Å². The smallest absolute Gasteiger partial charge is 0.245 e. The number of piperidine rings is 1. The fraction of sp³-hybridized carbons (Fsp3) is 0.387. The van der Waals surface area contributed by atoms with Gasteiger partial charge in [-0.2, -0.15) is 4.31 Å². The van der Waals surface area contributed by atoms with Crippen LogP contribution >= 0.6 is 23.2 Å². The monoisotopic (exact) mass is 647 g/mol. The predicted molar refractivity (Wildman–Crippen MR) is 165 cm³/mol. The largest absolute Gasteiger partial charge is 0.493 e. The van der Waals surface area contributed by atoms with E-state index in [4.69, 9.17) is 43.1 Å². The van der Waals surface area contributed by atoms with Gasteiger partial charge in [0.2, 0.25) is 15.9 Å². The van der Waals surface area contributed by atoms with E-state index in [0.717, 1.165) is 11.1 Å². The zero-order valence-electron chi connectivity index (χ0n) is 24.1. The Labute approximate surface area is 262 Å². The average molecular weight is 649 g/mol. The Kier molecular flexibility index (Phi) is 9.27. The summed E-state index contributed by atoms with van der Waals surface area (Å²) in [5.74, 6) is 0.422. The Morgan fingerprint density at radius 3 is 2.26 bits per heavy atom. The van der Waals surface area contributed by atoms with Crippen LogP contribution in [0.25, 0.3) is 0 Å². The first-order valence-corrected chi connectivity index (χ1v) is 16.1. The molecule has 3 aromatic carbocycles. The third-order valence-corrected chi connectivity index (χ3v) is 11.2. The van der Waals surface area contributed by atoms with Gasteiger partial charge in [-0.15, -0.1) is 0 Å². The van der Waals surface area contributed by atoms with E-state index in [-0.39, 0.29) is 24.1 Å². The lowest BCUT2D eigenvalue weighted by Crippen LogP contribution is -2.50. The summed E-state index contributed by atoms with van der Waals surface area (Å²) in [5, 5.41) is 0.753. The number of likely N-dealkylation sites (tertiary alicyclic amines) is 1. The molecule has 5 rings (SSSR count). The molecule has 0 radical (unpaired) electrons. The fourth-order valence-corrected chi connectivity index (χ4v) is 7.70. The molecule has 0 saturated carbocycles. The lowest BCUT2D eigenvalue weighted by Gasteiger charge is -2.41. The van der Waals surface area contributed by atoms with Gasteiger partial charge in [0, 0.05) is 19.2 Å². The molecule has 12 heteroatoms. The van der Waals surface area contributed by atoms with E-state index in [9.17, 15) is 13.2 Å². The molecule has 2 fully saturated rings. The molecule has 3 aromatic rings. The molecule has 0 spiro atoms.